The van der Waals surface area contributed by atoms with E-state index in [9.17, 15) is 9.59 Å². The first-order valence-corrected chi connectivity index (χ1v) is 6.11. The molecule has 6 nitrogen and oxygen atoms in total. The normalized spacial score (nSPS) is 9.84. The number of carbonyl (C=O) groups excluding carboxylic acids is 2. The Hall–Kier alpha value is -2.11. The van der Waals surface area contributed by atoms with Crippen molar-refractivity contribution < 1.29 is 14.3 Å². The van der Waals surface area contributed by atoms with Gasteiger partial charge in [-0.3, -0.25) is 9.59 Å². The molecule has 6 heteroatoms. The smallest absolute Gasteiger partial charge is 0.252 e. The van der Waals surface area contributed by atoms with E-state index in [1.54, 1.807) is 26.2 Å². The molecule has 1 aromatic rings. The summed E-state index contributed by atoms with van der Waals surface area (Å²) in [4.78, 5) is 28.6. The third-order valence-corrected chi connectivity index (χ3v) is 2.41. The number of aromatic nitrogens is 1. The van der Waals surface area contributed by atoms with E-state index in [-0.39, 0.29) is 18.2 Å². The molecule has 0 aliphatic rings. The van der Waals surface area contributed by atoms with Crippen molar-refractivity contribution in [2.75, 3.05) is 27.2 Å². The summed E-state index contributed by atoms with van der Waals surface area (Å²) in [6, 6.07) is 3.28. The number of ether oxygens (including phenoxy) is 1. The second-order valence-electron chi connectivity index (χ2n) is 4.11. The van der Waals surface area contributed by atoms with Crippen LogP contribution in [0, 0.1) is 0 Å². The molecule has 1 N–H and O–H groups in total. The van der Waals surface area contributed by atoms with E-state index in [4.69, 9.17) is 4.74 Å². The van der Waals surface area contributed by atoms with E-state index in [1.165, 1.54) is 11.1 Å². The van der Waals surface area contributed by atoms with E-state index in [0.717, 1.165) is 0 Å². The molecule has 0 unspecified atom stereocenters. The SMILES string of the molecule is CCOc1ccc(C(=O)NCCC(=O)N(C)C)cn1. The zero-order valence-corrected chi connectivity index (χ0v) is 11.5. The monoisotopic (exact) mass is 265 g/mol. The van der Waals surface area contributed by atoms with Crippen molar-refractivity contribution in [2.45, 2.75) is 13.3 Å². The summed E-state index contributed by atoms with van der Waals surface area (Å²) in [5.41, 5.74) is 0.445. The molecular formula is C13H19N3O3. The van der Waals surface area contributed by atoms with Gasteiger partial charge in [0.25, 0.3) is 5.91 Å². The summed E-state index contributed by atoms with van der Waals surface area (Å²) < 4.78 is 5.19. The van der Waals surface area contributed by atoms with Crippen LogP contribution in [-0.2, 0) is 4.79 Å². The lowest BCUT2D eigenvalue weighted by Crippen LogP contribution is -2.30. The summed E-state index contributed by atoms with van der Waals surface area (Å²) in [5, 5.41) is 2.67. The van der Waals surface area contributed by atoms with E-state index < -0.39 is 0 Å². The van der Waals surface area contributed by atoms with Crippen molar-refractivity contribution >= 4 is 11.8 Å². The average Bonchev–Trinajstić information content (AvgIpc) is 2.39. The van der Waals surface area contributed by atoms with Crippen LogP contribution in [0.15, 0.2) is 18.3 Å². The number of rotatable bonds is 6. The second-order valence-corrected chi connectivity index (χ2v) is 4.11. The molecule has 1 rings (SSSR count). The molecule has 0 radical (unpaired) electrons. The van der Waals surface area contributed by atoms with E-state index in [0.29, 0.717) is 24.6 Å². The Bertz CT molecular complexity index is 429. The van der Waals surface area contributed by atoms with Gasteiger partial charge in [0.1, 0.15) is 0 Å². The Balaban J connectivity index is 2.43. The predicted octanol–water partition coefficient (Wildman–Crippen LogP) is 0.688. The van der Waals surface area contributed by atoms with E-state index >= 15 is 0 Å². The van der Waals surface area contributed by atoms with Crippen molar-refractivity contribution in [3.8, 4) is 5.88 Å². The zero-order chi connectivity index (χ0) is 14.3. The van der Waals surface area contributed by atoms with Gasteiger partial charge in [-0.2, -0.15) is 0 Å². The van der Waals surface area contributed by atoms with Crippen molar-refractivity contribution in [1.29, 1.82) is 0 Å². The van der Waals surface area contributed by atoms with Gasteiger partial charge in [0.15, 0.2) is 0 Å². The Labute approximate surface area is 112 Å². The molecule has 0 aromatic carbocycles. The molecule has 1 heterocycles. The molecule has 0 aliphatic heterocycles. The minimum Gasteiger partial charge on any atom is -0.478 e. The Kier molecular flexibility index (Phi) is 5.78. The molecule has 0 saturated heterocycles. The minimum absolute atomic E-state index is 0.0230. The Morgan fingerprint density at radius 3 is 2.63 bits per heavy atom. The number of carbonyl (C=O) groups is 2. The molecule has 0 bridgehead atoms. The fourth-order valence-corrected chi connectivity index (χ4v) is 1.36. The van der Waals surface area contributed by atoms with Crippen LogP contribution in [0.5, 0.6) is 5.88 Å². The largest absolute Gasteiger partial charge is 0.478 e. The molecule has 104 valence electrons. The van der Waals surface area contributed by atoms with Crippen molar-refractivity contribution in [1.82, 2.24) is 15.2 Å². The number of hydrogen-bond donors (Lipinski definition) is 1. The first kappa shape index (κ1) is 14.9. The Morgan fingerprint density at radius 1 is 1.37 bits per heavy atom. The molecular weight excluding hydrogens is 246 g/mol. The topological polar surface area (TPSA) is 71.5 Å². The molecule has 19 heavy (non-hydrogen) atoms. The molecule has 0 fully saturated rings. The van der Waals surface area contributed by atoms with Gasteiger partial charge in [0.05, 0.1) is 12.2 Å². The van der Waals surface area contributed by atoms with Gasteiger partial charge in [-0.15, -0.1) is 0 Å². The minimum atomic E-state index is -0.248. The lowest BCUT2D eigenvalue weighted by molar-refractivity contribution is -0.128. The molecule has 1 aromatic heterocycles. The highest BCUT2D eigenvalue weighted by Crippen LogP contribution is 2.07. The quantitative estimate of drug-likeness (QED) is 0.821. The maximum atomic E-state index is 11.7. The van der Waals surface area contributed by atoms with Crippen molar-refractivity contribution in [2.24, 2.45) is 0 Å². The van der Waals surface area contributed by atoms with E-state index in [1.807, 2.05) is 6.92 Å². The van der Waals surface area contributed by atoms with E-state index in [2.05, 4.69) is 10.3 Å². The van der Waals surface area contributed by atoms with Gasteiger partial charge in [-0.25, -0.2) is 4.98 Å². The predicted molar refractivity (Wildman–Crippen MR) is 71.1 cm³/mol. The highest BCUT2D eigenvalue weighted by molar-refractivity contribution is 5.94. The maximum absolute atomic E-state index is 11.7. The third-order valence-electron chi connectivity index (χ3n) is 2.41. The lowest BCUT2D eigenvalue weighted by Gasteiger charge is -2.10. The number of nitrogens with one attached hydrogen (secondary N) is 1. The van der Waals surface area contributed by atoms with Crippen LogP contribution in [-0.4, -0.2) is 48.9 Å². The molecule has 0 atom stereocenters. The summed E-state index contributed by atoms with van der Waals surface area (Å²) in [6.07, 6.45) is 1.73. The van der Waals surface area contributed by atoms with Gasteiger partial charge in [0.2, 0.25) is 11.8 Å². The molecule has 2 amide bonds. The fraction of sp³-hybridized carbons (Fsp3) is 0.462. The number of amides is 2. The van der Waals surface area contributed by atoms with Crippen LogP contribution in [0.1, 0.15) is 23.7 Å². The highest BCUT2D eigenvalue weighted by atomic mass is 16.5. The Morgan fingerprint density at radius 2 is 2.11 bits per heavy atom. The molecule has 0 spiro atoms. The fourth-order valence-electron chi connectivity index (χ4n) is 1.36. The third kappa shape index (κ3) is 4.95. The van der Waals surface area contributed by atoms with Gasteiger partial charge < -0.3 is 15.0 Å². The first-order chi connectivity index (χ1) is 9.04. The van der Waals surface area contributed by atoms with Gasteiger partial charge >= 0.3 is 0 Å². The first-order valence-electron chi connectivity index (χ1n) is 6.11. The van der Waals surface area contributed by atoms with Crippen molar-refractivity contribution in [3.05, 3.63) is 23.9 Å². The molecule has 0 aliphatic carbocycles. The summed E-state index contributed by atoms with van der Waals surface area (Å²) in [5.74, 6) is 0.217. The standard InChI is InChI=1S/C13H19N3O3/c1-4-19-11-6-5-10(9-15-11)13(18)14-8-7-12(17)16(2)3/h5-6,9H,4,7-8H2,1-3H3,(H,14,18). The van der Waals surface area contributed by atoms with Crippen LogP contribution in [0.25, 0.3) is 0 Å². The van der Waals surface area contributed by atoms with Gasteiger partial charge in [0, 0.05) is 39.3 Å². The summed E-state index contributed by atoms with van der Waals surface area (Å²) in [6.45, 7) is 2.71. The maximum Gasteiger partial charge on any atom is 0.252 e. The van der Waals surface area contributed by atoms with Crippen LogP contribution < -0.4 is 10.1 Å². The molecule has 0 saturated carbocycles. The van der Waals surface area contributed by atoms with Gasteiger partial charge in [-0.05, 0) is 13.0 Å². The zero-order valence-electron chi connectivity index (χ0n) is 11.5. The average molecular weight is 265 g/mol. The number of nitrogens with zero attached hydrogens (tertiary/aromatic N) is 2. The van der Waals surface area contributed by atoms with Gasteiger partial charge in [-0.1, -0.05) is 0 Å². The number of pyridine rings is 1. The van der Waals surface area contributed by atoms with Crippen molar-refractivity contribution in [3.63, 3.8) is 0 Å². The van der Waals surface area contributed by atoms with Crippen LogP contribution >= 0.6 is 0 Å². The summed E-state index contributed by atoms with van der Waals surface area (Å²) in [7, 11) is 3.36. The summed E-state index contributed by atoms with van der Waals surface area (Å²) >= 11 is 0. The highest BCUT2D eigenvalue weighted by Gasteiger charge is 2.08. The number of hydrogen-bond acceptors (Lipinski definition) is 4. The van der Waals surface area contributed by atoms with Crippen LogP contribution in [0.4, 0.5) is 0 Å². The van der Waals surface area contributed by atoms with Crippen LogP contribution in [0.2, 0.25) is 0 Å². The lowest BCUT2D eigenvalue weighted by atomic mass is 10.2. The second kappa shape index (κ2) is 7.35. The van der Waals surface area contributed by atoms with Crippen LogP contribution in [0.3, 0.4) is 0 Å².